The Balaban J connectivity index is 2.08. The van der Waals surface area contributed by atoms with Gasteiger partial charge in [0.2, 0.25) is 10.0 Å². The summed E-state index contributed by atoms with van der Waals surface area (Å²) in [5.74, 6) is 0.394. The molecule has 0 radical (unpaired) electrons. The number of H-pyrrole nitrogens is 1. The van der Waals surface area contributed by atoms with Crippen molar-refractivity contribution in [2.45, 2.75) is 24.7 Å². The highest BCUT2D eigenvalue weighted by atomic mass is 32.2. The number of hydrogen-bond donors (Lipinski definition) is 2. The van der Waals surface area contributed by atoms with Gasteiger partial charge in [-0.25, -0.2) is 12.7 Å². The van der Waals surface area contributed by atoms with Crippen molar-refractivity contribution in [1.29, 1.82) is 0 Å². The van der Waals surface area contributed by atoms with E-state index in [9.17, 15) is 8.42 Å². The summed E-state index contributed by atoms with van der Waals surface area (Å²) >= 11 is 0. The van der Waals surface area contributed by atoms with E-state index in [4.69, 9.17) is 0 Å². The third-order valence-electron chi connectivity index (χ3n) is 3.39. The van der Waals surface area contributed by atoms with Crippen molar-refractivity contribution in [3.8, 4) is 0 Å². The fourth-order valence-corrected chi connectivity index (χ4v) is 3.67. The average Bonchev–Trinajstić information content (AvgIpc) is 2.77. The number of rotatable bonds is 4. The Morgan fingerprint density at radius 2 is 2.33 bits per heavy atom. The van der Waals surface area contributed by atoms with Crippen molar-refractivity contribution in [2.24, 2.45) is 5.92 Å². The number of aryl methyl sites for hydroxylation is 1. The molecule has 1 aliphatic heterocycles. The minimum Gasteiger partial charge on any atom is -0.316 e. The first-order valence-electron chi connectivity index (χ1n) is 6.19. The number of piperidine rings is 1. The lowest BCUT2D eigenvalue weighted by Crippen LogP contribution is -2.39. The Bertz CT molecular complexity index is 491. The molecule has 18 heavy (non-hydrogen) atoms. The lowest BCUT2D eigenvalue weighted by molar-refractivity contribution is 0.314. The molecule has 2 rings (SSSR count). The number of nitrogens with zero attached hydrogens (tertiary/aromatic N) is 2. The zero-order chi connectivity index (χ0) is 13.2. The van der Waals surface area contributed by atoms with Gasteiger partial charge in [-0.3, -0.25) is 5.10 Å². The maximum absolute atomic E-state index is 12.3. The van der Waals surface area contributed by atoms with E-state index in [0.717, 1.165) is 25.9 Å². The third kappa shape index (κ3) is 2.73. The molecule has 0 aliphatic carbocycles. The molecule has 1 atom stereocenters. The van der Waals surface area contributed by atoms with Crippen molar-refractivity contribution in [1.82, 2.24) is 19.8 Å². The summed E-state index contributed by atoms with van der Waals surface area (Å²) < 4.78 is 26.1. The van der Waals surface area contributed by atoms with Gasteiger partial charge in [-0.05, 0) is 38.8 Å². The van der Waals surface area contributed by atoms with E-state index in [-0.39, 0.29) is 4.90 Å². The molecule has 1 aromatic rings. The summed E-state index contributed by atoms with van der Waals surface area (Å²) in [5.41, 5.74) is 0.587. The molecule has 1 aromatic heterocycles. The van der Waals surface area contributed by atoms with Crippen LogP contribution in [0, 0.1) is 12.8 Å². The van der Waals surface area contributed by atoms with Crippen molar-refractivity contribution < 1.29 is 8.42 Å². The molecule has 0 bridgehead atoms. The normalized spacial score (nSPS) is 21.4. The quantitative estimate of drug-likeness (QED) is 0.828. The van der Waals surface area contributed by atoms with Crippen molar-refractivity contribution >= 4 is 10.0 Å². The van der Waals surface area contributed by atoms with Crippen LogP contribution in [0.3, 0.4) is 0 Å². The summed E-state index contributed by atoms with van der Waals surface area (Å²) in [6.45, 7) is 4.20. The van der Waals surface area contributed by atoms with E-state index in [1.807, 2.05) is 0 Å². The molecule has 2 N–H and O–H groups in total. The van der Waals surface area contributed by atoms with Crippen LogP contribution in [0.15, 0.2) is 11.1 Å². The van der Waals surface area contributed by atoms with Crippen LogP contribution in [0.2, 0.25) is 0 Å². The monoisotopic (exact) mass is 272 g/mol. The van der Waals surface area contributed by atoms with Gasteiger partial charge in [0.1, 0.15) is 4.90 Å². The van der Waals surface area contributed by atoms with E-state index >= 15 is 0 Å². The van der Waals surface area contributed by atoms with E-state index in [1.54, 1.807) is 14.0 Å². The van der Waals surface area contributed by atoms with Gasteiger partial charge < -0.3 is 5.32 Å². The predicted octanol–water partition coefficient (Wildman–Crippen LogP) is 0.338. The standard InChI is InChI=1S/C11H20N4O2S/c1-9-11(7-13-14-9)18(16,17)15(2)8-10-4-3-5-12-6-10/h7,10,12H,3-6,8H2,1-2H3,(H,13,14). The van der Waals surface area contributed by atoms with Crippen LogP contribution in [0.4, 0.5) is 0 Å². The van der Waals surface area contributed by atoms with Gasteiger partial charge in [-0.1, -0.05) is 0 Å². The van der Waals surface area contributed by atoms with Crippen LogP contribution >= 0.6 is 0 Å². The van der Waals surface area contributed by atoms with Crippen LogP contribution in [-0.2, 0) is 10.0 Å². The summed E-state index contributed by atoms with van der Waals surface area (Å²) in [6.07, 6.45) is 3.57. The molecular formula is C11H20N4O2S. The molecule has 2 heterocycles. The average molecular weight is 272 g/mol. The van der Waals surface area contributed by atoms with E-state index in [2.05, 4.69) is 15.5 Å². The highest BCUT2D eigenvalue weighted by Gasteiger charge is 2.26. The number of hydrogen-bond acceptors (Lipinski definition) is 4. The zero-order valence-corrected chi connectivity index (χ0v) is 11.6. The first kappa shape index (κ1) is 13.5. The SMILES string of the molecule is Cc1[nH]ncc1S(=O)(=O)N(C)CC1CCCNC1. The van der Waals surface area contributed by atoms with Gasteiger partial charge in [0.15, 0.2) is 0 Å². The van der Waals surface area contributed by atoms with Crippen LogP contribution in [0.1, 0.15) is 18.5 Å². The van der Waals surface area contributed by atoms with Crippen LogP contribution in [0.25, 0.3) is 0 Å². The Morgan fingerprint density at radius 3 is 2.89 bits per heavy atom. The van der Waals surface area contributed by atoms with Crippen LogP contribution in [0.5, 0.6) is 0 Å². The zero-order valence-electron chi connectivity index (χ0n) is 10.8. The first-order chi connectivity index (χ1) is 8.51. The van der Waals surface area contributed by atoms with E-state index < -0.39 is 10.0 Å². The number of aromatic amines is 1. The smallest absolute Gasteiger partial charge is 0.246 e. The first-order valence-corrected chi connectivity index (χ1v) is 7.63. The molecule has 1 fully saturated rings. The van der Waals surface area contributed by atoms with Crippen LogP contribution in [-0.4, -0.2) is 49.6 Å². The lowest BCUT2D eigenvalue weighted by Gasteiger charge is -2.27. The molecule has 1 saturated heterocycles. The summed E-state index contributed by atoms with van der Waals surface area (Å²) in [7, 11) is -1.78. The number of aromatic nitrogens is 2. The largest absolute Gasteiger partial charge is 0.316 e. The molecule has 0 saturated carbocycles. The number of sulfonamides is 1. The van der Waals surface area contributed by atoms with Crippen molar-refractivity contribution in [2.75, 3.05) is 26.7 Å². The molecular weight excluding hydrogens is 252 g/mol. The minimum atomic E-state index is -3.41. The lowest BCUT2D eigenvalue weighted by atomic mass is 10.00. The number of nitrogens with one attached hydrogen (secondary N) is 2. The third-order valence-corrected chi connectivity index (χ3v) is 5.32. The Hall–Kier alpha value is -0.920. The Labute approximate surface area is 108 Å². The highest BCUT2D eigenvalue weighted by Crippen LogP contribution is 2.19. The van der Waals surface area contributed by atoms with Gasteiger partial charge in [0.25, 0.3) is 0 Å². The van der Waals surface area contributed by atoms with Gasteiger partial charge >= 0.3 is 0 Å². The second-order valence-corrected chi connectivity index (χ2v) is 6.87. The molecule has 102 valence electrons. The van der Waals surface area contributed by atoms with Gasteiger partial charge in [0.05, 0.1) is 11.9 Å². The maximum atomic E-state index is 12.3. The minimum absolute atomic E-state index is 0.272. The molecule has 6 nitrogen and oxygen atoms in total. The molecule has 1 aliphatic rings. The summed E-state index contributed by atoms with van der Waals surface area (Å²) in [4.78, 5) is 0.272. The fraction of sp³-hybridized carbons (Fsp3) is 0.727. The van der Waals surface area contributed by atoms with Gasteiger partial charge in [-0.15, -0.1) is 0 Å². The summed E-state index contributed by atoms with van der Waals surface area (Å²) in [6, 6.07) is 0. The molecule has 0 amide bonds. The van der Waals surface area contributed by atoms with Crippen molar-refractivity contribution in [3.05, 3.63) is 11.9 Å². The predicted molar refractivity (Wildman–Crippen MR) is 68.7 cm³/mol. The molecule has 7 heteroatoms. The van der Waals surface area contributed by atoms with Crippen LogP contribution < -0.4 is 5.32 Å². The highest BCUT2D eigenvalue weighted by molar-refractivity contribution is 7.89. The van der Waals surface area contributed by atoms with E-state index in [0.29, 0.717) is 18.2 Å². The fourth-order valence-electron chi connectivity index (χ4n) is 2.31. The second-order valence-electron chi connectivity index (χ2n) is 4.86. The Morgan fingerprint density at radius 1 is 1.56 bits per heavy atom. The van der Waals surface area contributed by atoms with Gasteiger partial charge in [-0.2, -0.15) is 5.10 Å². The van der Waals surface area contributed by atoms with Gasteiger partial charge in [0, 0.05) is 13.6 Å². The van der Waals surface area contributed by atoms with E-state index in [1.165, 1.54) is 10.5 Å². The molecule has 0 aromatic carbocycles. The van der Waals surface area contributed by atoms with Crippen molar-refractivity contribution in [3.63, 3.8) is 0 Å². The Kier molecular flexibility index (Phi) is 4.04. The summed E-state index contributed by atoms with van der Waals surface area (Å²) in [5, 5.41) is 9.74. The molecule has 1 unspecified atom stereocenters. The maximum Gasteiger partial charge on any atom is 0.246 e. The topological polar surface area (TPSA) is 78.1 Å². The molecule has 0 spiro atoms. The second kappa shape index (κ2) is 5.38.